The Balaban J connectivity index is 1.93. The highest BCUT2D eigenvalue weighted by Crippen LogP contribution is 2.12. The lowest BCUT2D eigenvalue weighted by Crippen LogP contribution is -1.97. The van der Waals surface area contributed by atoms with Crippen LogP contribution in [0.3, 0.4) is 0 Å². The Morgan fingerprint density at radius 1 is 1.06 bits per heavy atom. The summed E-state index contributed by atoms with van der Waals surface area (Å²) in [7, 11) is 0. The van der Waals surface area contributed by atoms with E-state index in [2.05, 4.69) is 36.2 Å². The maximum Gasteiger partial charge on any atom is 0.138 e. The van der Waals surface area contributed by atoms with E-state index in [-0.39, 0.29) is 6.61 Å². The van der Waals surface area contributed by atoms with Gasteiger partial charge in [-0.05, 0) is 29.7 Å². The first-order valence-corrected chi connectivity index (χ1v) is 6.08. The van der Waals surface area contributed by atoms with Crippen molar-refractivity contribution >= 4 is 0 Å². The minimum Gasteiger partial charge on any atom is -0.487 e. The lowest BCUT2D eigenvalue weighted by atomic mass is 10.1. The molecule has 2 rings (SSSR count). The molecule has 0 unspecified atom stereocenters. The van der Waals surface area contributed by atoms with E-state index in [0.29, 0.717) is 18.1 Å². The van der Waals surface area contributed by atoms with Crippen LogP contribution in [0.15, 0.2) is 42.6 Å². The largest absolute Gasteiger partial charge is 0.487 e. The SMILES string of the molecule is CCc1ccc(COc2ccc(CO)nc2)cc1. The lowest BCUT2D eigenvalue weighted by molar-refractivity contribution is 0.275. The Bertz CT molecular complexity index is 429. The molecule has 1 N–H and O–H groups in total. The number of rotatable bonds is 5. The molecule has 0 spiro atoms. The van der Waals surface area contributed by atoms with Crippen molar-refractivity contribution in [1.29, 1.82) is 0 Å². The topological polar surface area (TPSA) is 42.4 Å². The Kier molecular flexibility index (Phi) is 4.31. The van der Waals surface area contributed by atoms with Crippen LogP contribution in [0.2, 0.25) is 0 Å². The molecule has 1 aromatic carbocycles. The van der Waals surface area contributed by atoms with Crippen molar-refractivity contribution in [3.63, 3.8) is 0 Å². The first-order chi connectivity index (χ1) is 8.81. The van der Waals surface area contributed by atoms with Crippen LogP contribution in [0.1, 0.15) is 23.7 Å². The van der Waals surface area contributed by atoms with Crippen LogP contribution in [-0.4, -0.2) is 10.1 Å². The molecule has 0 aliphatic carbocycles. The van der Waals surface area contributed by atoms with Gasteiger partial charge >= 0.3 is 0 Å². The molecule has 1 aromatic heterocycles. The van der Waals surface area contributed by atoms with Crippen LogP contribution in [0.5, 0.6) is 5.75 Å². The summed E-state index contributed by atoms with van der Waals surface area (Å²) in [5.41, 5.74) is 3.11. The van der Waals surface area contributed by atoms with Gasteiger partial charge in [-0.1, -0.05) is 31.2 Å². The number of ether oxygens (including phenoxy) is 1. The van der Waals surface area contributed by atoms with Gasteiger partial charge in [0.15, 0.2) is 0 Å². The summed E-state index contributed by atoms with van der Waals surface area (Å²) in [6, 6.07) is 12.0. The molecule has 0 saturated carbocycles. The predicted molar refractivity (Wildman–Crippen MR) is 70.3 cm³/mol. The zero-order valence-corrected chi connectivity index (χ0v) is 10.5. The zero-order chi connectivity index (χ0) is 12.8. The molecule has 1 heterocycles. The van der Waals surface area contributed by atoms with E-state index < -0.39 is 0 Å². The standard InChI is InChI=1S/C15H17NO2/c1-2-12-3-5-13(6-4-12)11-18-15-8-7-14(10-17)16-9-15/h3-9,17H,2,10-11H2,1H3. The Labute approximate surface area is 107 Å². The smallest absolute Gasteiger partial charge is 0.138 e. The van der Waals surface area contributed by atoms with Crippen molar-refractivity contribution < 1.29 is 9.84 Å². The summed E-state index contributed by atoms with van der Waals surface area (Å²) < 4.78 is 5.62. The van der Waals surface area contributed by atoms with Gasteiger partial charge in [0, 0.05) is 0 Å². The summed E-state index contributed by atoms with van der Waals surface area (Å²) in [4.78, 5) is 4.06. The highest BCUT2D eigenvalue weighted by molar-refractivity contribution is 5.24. The number of hydrogen-bond acceptors (Lipinski definition) is 3. The molecule has 2 aromatic rings. The van der Waals surface area contributed by atoms with Crippen LogP contribution in [0.4, 0.5) is 0 Å². The van der Waals surface area contributed by atoms with Crippen LogP contribution in [0, 0.1) is 0 Å². The molecule has 0 bridgehead atoms. The summed E-state index contributed by atoms with van der Waals surface area (Å²) in [5.74, 6) is 0.715. The molecule has 0 fully saturated rings. The average Bonchev–Trinajstić information content (AvgIpc) is 2.46. The van der Waals surface area contributed by atoms with E-state index in [0.717, 1.165) is 12.0 Å². The first kappa shape index (κ1) is 12.6. The number of aliphatic hydroxyl groups is 1. The van der Waals surface area contributed by atoms with Gasteiger partial charge in [-0.3, -0.25) is 4.98 Å². The monoisotopic (exact) mass is 243 g/mol. The van der Waals surface area contributed by atoms with E-state index in [4.69, 9.17) is 9.84 Å². The molecular formula is C15H17NO2. The molecule has 18 heavy (non-hydrogen) atoms. The van der Waals surface area contributed by atoms with Crippen molar-refractivity contribution in [3.8, 4) is 5.75 Å². The summed E-state index contributed by atoms with van der Waals surface area (Å²) >= 11 is 0. The molecule has 3 heteroatoms. The third kappa shape index (κ3) is 3.31. The quantitative estimate of drug-likeness (QED) is 0.878. The zero-order valence-electron chi connectivity index (χ0n) is 10.5. The first-order valence-electron chi connectivity index (χ1n) is 6.08. The van der Waals surface area contributed by atoms with Gasteiger partial charge in [-0.2, -0.15) is 0 Å². The Morgan fingerprint density at radius 3 is 2.33 bits per heavy atom. The number of benzene rings is 1. The minimum atomic E-state index is -0.0429. The Morgan fingerprint density at radius 2 is 1.78 bits per heavy atom. The van der Waals surface area contributed by atoms with Gasteiger partial charge in [0.2, 0.25) is 0 Å². The van der Waals surface area contributed by atoms with Crippen LogP contribution < -0.4 is 4.74 Å². The summed E-state index contributed by atoms with van der Waals surface area (Å²) in [6.45, 7) is 2.63. The fourth-order valence-electron chi connectivity index (χ4n) is 1.63. The molecule has 0 aliphatic rings. The van der Waals surface area contributed by atoms with Gasteiger partial charge in [-0.15, -0.1) is 0 Å². The number of aromatic nitrogens is 1. The number of aliphatic hydroxyl groups excluding tert-OH is 1. The second kappa shape index (κ2) is 6.17. The molecule has 0 amide bonds. The molecule has 0 saturated heterocycles. The van der Waals surface area contributed by atoms with Gasteiger partial charge in [0.05, 0.1) is 18.5 Å². The summed E-state index contributed by atoms with van der Waals surface area (Å²) in [6.07, 6.45) is 2.68. The van der Waals surface area contributed by atoms with Crippen LogP contribution in [-0.2, 0) is 19.6 Å². The average molecular weight is 243 g/mol. The maximum atomic E-state index is 8.88. The van der Waals surface area contributed by atoms with Crippen molar-refractivity contribution in [2.24, 2.45) is 0 Å². The van der Waals surface area contributed by atoms with Crippen molar-refractivity contribution in [3.05, 3.63) is 59.4 Å². The maximum absolute atomic E-state index is 8.88. The van der Waals surface area contributed by atoms with E-state index in [1.54, 1.807) is 12.3 Å². The molecule has 0 radical (unpaired) electrons. The fraction of sp³-hybridized carbons (Fsp3) is 0.267. The van der Waals surface area contributed by atoms with Gasteiger partial charge in [0.1, 0.15) is 12.4 Å². The van der Waals surface area contributed by atoms with E-state index in [9.17, 15) is 0 Å². The van der Waals surface area contributed by atoms with E-state index in [1.165, 1.54) is 5.56 Å². The highest BCUT2D eigenvalue weighted by atomic mass is 16.5. The lowest BCUT2D eigenvalue weighted by Gasteiger charge is -2.07. The Hall–Kier alpha value is -1.87. The van der Waals surface area contributed by atoms with Crippen LogP contribution in [0.25, 0.3) is 0 Å². The van der Waals surface area contributed by atoms with Gasteiger partial charge in [-0.25, -0.2) is 0 Å². The number of pyridine rings is 1. The molecule has 94 valence electrons. The summed E-state index contributed by atoms with van der Waals surface area (Å²) in [5, 5.41) is 8.88. The van der Waals surface area contributed by atoms with E-state index in [1.807, 2.05) is 6.07 Å². The van der Waals surface area contributed by atoms with Crippen molar-refractivity contribution in [1.82, 2.24) is 4.98 Å². The molecule has 0 atom stereocenters. The number of aryl methyl sites for hydroxylation is 1. The third-order valence-electron chi connectivity index (χ3n) is 2.80. The minimum absolute atomic E-state index is 0.0429. The molecular weight excluding hydrogens is 226 g/mol. The van der Waals surface area contributed by atoms with Crippen molar-refractivity contribution in [2.75, 3.05) is 0 Å². The molecule has 3 nitrogen and oxygen atoms in total. The second-order valence-electron chi connectivity index (χ2n) is 4.10. The van der Waals surface area contributed by atoms with Crippen LogP contribution >= 0.6 is 0 Å². The molecule has 0 aliphatic heterocycles. The number of nitrogens with zero attached hydrogens (tertiary/aromatic N) is 1. The van der Waals surface area contributed by atoms with Gasteiger partial charge < -0.3 is 9.84 Å². The van der Waals surface area contributed by atoms with Crippen molar-refractivity contribution in [2.45, 2.75) is 26.6 Å². The normalized spacial score (nSPS) is 10.3. The fourth-order valence-corrected chi connectivity index (χ4v) is 1.63. The highest BCUT2D eigenvalue weighted by Gasteiger charge is 1.98. The second-order valence-corrected chi connectivity index (χ2v) is 4.10. The van der Waals surface area contributed by atoms with Gasteiger partial charge in [0.25, 0.3) is 0 Å². The van der Waals surface area contributed by atoms with E-state index >= 15 is 0 Å². The predicted octanol–water partition coefficient (Wildman–Crippen LogP) is 2.72. The number of hydrogen-bond donors (Lipinski definition) is 1. The third-order valence-corrected chi connectivity index (χ3v) is 2.80.